The maximum absolute atomic E-state index is 6.11. The highest BCUT2D eigenvalue weighted by atomic mass is 32.2. The van der Waals surface area contributed by atoms with Crippen LogP contribution in [0.25, 0.3) is 5.95 Å². The van der Waals surface area contributed by atoms with Crippen molar-refractivity contribution in [1.82, 2.24) is 24.7 Å². The number of nitrogen functional groups attached to an aromatic ring is 1. The summed E-state index contributed by atoms with van der Waals surface area (Å²) in [6.45, 7) is 5.98. The Hall–Kier alpha value is -2.28. The molecular weight excluding hydrogens is 296 g/mol. The van der Waals surface area contributed by atoms with Gasteiger partial charge in [0.1, 0.15) is 0 Å². The molecule has 1 aromatic carbocycles. The topological polar surface area (TPSA) is 74.5 Å². The Morgan fingerprint density at radius 2 is 1.82 bits per heavy atom. The SMILES string of the molecule is Cc1ccc(CSc2nnc(-n3nc(C)cc3C)n2N)cc1. The van der Waals surface area contributed by atoms with Gasteiger partial charge in [-0.1, -0.05) is 41.6 Å². The van der Waals surface area contributed by atoms with E-state index in [9.17, 15) is 0 Å². The van der Waals surface area contributed by atoms with Crippen molar-refractivity contribution in [2.45, 2.75) is 31.7 Å². The summed E-state index contributed by atoms with van der Waals surface area (Å²) >= 11 is 1.56. The highest BCUT2D eigenvalue weighted by molar-refractivity contribution is 7.98. The van der Waals surface area contributed by atoms with Crippen molar-refractivity contribution in [1.29, 1.82) is 0 Å². The van der Waals surface area contributed by atoms with Gasteiger partial charge < -0.3 is 5.84 Å². The second kappa shape index (κ2) is 5.84. The Morgan fingerprint density at radius 1 is 1.09 bits per heavy atom. The first-order valence-corrected chi connectivity index (χ1v) is 7.95. The molecule has 0 atom stereocenters. The predicted molar refractivity (Wildman–Crippen MR) is 87.5 cm³/mol. The molecule has 0 amide bonds. The van der Waals surface area contributed by atoms with Gasteiger partial charge in [0.25, 0.3) is 5.95 Å². The fourth-order valence-electron chi connectivity index (χ4n) is 2.18. The standard InChI is InChI=1S/C15H18N6S/c1-10-4-6-13(7-5-10)9-22-15-18-17-14(20(15)16)21-12(3)8-11(2)19-21/h4-8H,9,16H2,1-3H3. The highest BCUT2D eigenvalue weighted by Crippen LogP contribution is 2.22. The van der Waals surface area contributed by atoms with E-state index < -0.39 is 0 Å². The minimum atomic E-state index is 0.525. The Kier molecular flexibility index (Phi) is 3.89. The zero-order chi connectivity index (χ0) is 15.7. The molecule has 2 aromatic heterocycles. The first kappa shape index (κ1) is 14.6. The van der Waals surface area contributed by atoms with Crippen LogP contribution in [-0.2, 0) is 5.75 Å². The molecule has 0 saturated heterocycles. The average molecular weight is 314 g/mol. The lowest BCUT2D eigenvalue weighted by Crippen LogP contribution is -2.17. The van der Waals surface area contributed by atoms with Crippen molar-refractivity contribution in [2.24, 2.45) is 0 Å². The molecule has 0 radical (unpaired) electrons. The third kappa shape index (κ3) is 2.85. The van der Waals surface area contributed by atoms with Crippen molar-refractivity contribution in [2.75, 3.05) is 5.84 Å². The van der Waals surface area contributed by atoms with Crippen LogP contribution in [-0.4, -0.2) is 24.7 Å². The molecule has 0 fully saturated rings. The van der Waals surface area contributed by atoms with Gasteiger partial charge in [0.05, 0.1) is 5.69 Å². The van der Waals surface area contributed by atoms with Gasteiger partial charge in [0, 0.05) is 11.4 Å². The summed E-state index contributed by atoms with van der Waals surface area (Å²) in [7, 11) is 0. The number of aryl methyl sites for hydroxylation is 3. The van der Waals surface area contributed by atoms with Crippen LogP contribution < -0.4 is 5.84 Å². The van der Waals surface area contributed by atoms with E-state index in [0.717, 1.165) is 17.1 Å². The normalized spacial score (nSPS) is 11.0. The maximum Gasteiger partial charge on any atom is 0.271 e. The van der Waals surface area contributed by atoms with Crippen LogP contribution in [0.1, 0.15) is 22.5 Å². The monoisotopic (exact) mass is 314 g/mol. The quantitative estimate of drug-likeness (QED) is 0.591. The van der Waals surface area contributed by atoms with Gasteiger partial charge in [0.2, 0.25) is 5.16 Å². The second-order valence-electron chi connectivity index (χ2n) is 5.27. The largest absolute Gasteiger partial charge is 0.334 e. The smallest absolute Gasteiger partial charge is 0.271 e. The lowest BCUT2D eigenvalue weighted by molar-refractivity contribution is 0.727. The molecule has 2 N–H and O–H groups in total. The van der Waals surface area contributed by atoms with Crippen LogP contribution in [0.4, 0.5) is 0 Å². The third-order valence-electron chi connectivity index (χ3n) is 3.33. The number of hydrogen-bond acceptors (Lipinski definition) is 5. The summed E-state index contributed by atoms with van der Waals surface area (Å²) in [5.74, 6) is 7.44. The van der Waals surface area contributed by atoms with Crippen molar-refractivity contribution < 1.29 is 0 Å². The first-order valence-electron chi connectivity index (χ1n) is 6.97. The summed E-state index contributed by atoms with van der Waals surface area (Å²) in [5, 5.41) is 13.4. The average Bonchev–Trinajstić information content (AvgIpc) is 3.01. The van der Waals surface area contributed by atoms with Crippen LogP contribution in [0.5, 0.6) is 0 Å². The minimum absolute atomic E-state index is 0.525. The number of rotatable bonds is 4. The summed E-state index contributed by atoms with van der Waals surface area (Å²) in [6.07, 6.45) is 0. The Labute approximate surface area is 133 Å². The summed E-state index contributed by atoms with van der Waals surface area (Å²) in [4.78, 5) is 0. The molecule has 0 bridgehead atoms. The number of nitrogens with two attached hydrogens (primary N) is 1. The number of nitrogens with zero attached hydrogens (tertiary/aromatic N) is 5. The van der Waals surface area contributed by atoms with E-state index in [0.29, 0.717) is 11.1 Å². The van der Waals surface area contributed by atoms with Gasteiger partial charge in [-0.2, -0.15) is 5.10 Å². The molecule has 3 aromatic rings. The van der Waals surface area contributed by atoms with Crippen LogP contribution in [0.3, 0.4) is 0 Å². The van der Waals surface area contributed by atoms with Gasteiger partial charge in [-0.15, -0.1) is 10.2 Å². The van der Waals surface area contributed by atoms with Crippen LogP contribution >= 0.6 is 11.8 Å². The second-order valence-corrected chi connectivity index (χ2v) is 6.21. The Bertz CT molecular complexity index is 787. The first-order chi connectivity index (χ1) is 10.5. The molecule has 0 saturated carbocycles. The number of benzene rings is 1. The summed E-state index contributed by atoms with van der Waals surface area (Å²) in [5.41, 5.74) is 4.38. The molecule has 0 aliphatic carbocycles. The maximum atomic E-state index is 6.11. The minimum Gasteiger partial charge on any atom is -0.334 e. The van der Waals surface area contributed by atoms with Gasteiger partial charge in [-0.05, 0) is 32.4 Å². The summed E-state index contributed by atoms with van der Waals surface area (Å²) in [6, 6.07) is 10.4. The van der Waals surface area contributed by atoms with Gasteiger partial charge in [-0.3, -0.25) is 0 Å². The molecule has 0 aliphatic rings. The highest BCUT2D eigenvalue weighted by Gasteiger charge is 2.14. The van der Waals surface area contributed by atoms with E-state index in [-0.39, 0.29) is 0 Å². The number of hydrogen-bond donors (Lipinski definition) is 1. The van der Waals surface area contributed by atoms with E-state index in [1.807, 2.05) is 19.9 Å². The van der Waals surface area contributed by atoms with Crippen molar-refractivity contribution in [3.8, 4) is 5.95 Å². The molecule has 2 heterocycles. The fourth-order valence-corrected chi connectivity index (χ4v) is 2.98. The van der Waals surface area contributed by atoms with Crippen molar-refractivity contribution in [3.05, 3.63) is 52.8 Å². The van der Waals surface area contributed by atoms with Crippen molar-refractivity contribution >= 4 is 11.8 Å². The van der Waals surface area contributed by atoms with E-state index in [4.69, 9.17) is 5.84 Å². The number of thioether (sulfide) groups is 1. The van der Waals surface area contributed by atoms with Crippen molar-refractivity contribution in [3.63, 3.8) is 0 Å². The molecule has 114 valence electrons. The lowest BCUT2D eigenvalue weighted by atomic mass is 10.2. The van der Waals surface area contributed by atoms with Crippen LogP contribution in [0.2, 0.25) is 0 Å². The fraction of sp³-hybridized carbons (Fsp3) is 0.267. The molecule has 6 nitrogen and oxygen atoms in total. The van der Waals surface area contributed by atoms with Crippen LogP contribution in [0, 0.1) is 20.8 Å². The molecule has 3 rings (SSSR count). The van der Waals surface area contributed by atoms with Gasteiger partial charge in [-0.25, -0.2) is 9.36 Å². The number of aromatic nitrogens is 5. The molecule has 22 heavy (non-hydrogen) atoms. The van der Waals surface area contributed by atoms with E-state index in [1.165, 1.54) is 15.8 Å². The molecular formula is C15H18N6S. The van der Waals surface area contributed by atoms with Gasteiger partial charge >= 0.3 is 0 Å². The lowest BCUT2D eigenvalue weighted by Gasteiger charge is -2.05. The van der Waals surface area contributed by atoms with Gasteiger partial charge in [0.15, 0.2) is 0 Å². The molecule has 7 heteroatoms. The zero-order valence-electron chi connectivity index (χ0n) is 12.8. The van der Waals surface area contributed by atoms with Crippen LogP contribution in [0.15, 0.2) is 35.5 Å². The Morgan fingerprint density at radius 3 is 2.45 bits per heavy atom. The molecule has 0 spiro atoms. The predicted octanol–water partition coefficient (Wildman–Crippen LogP) is 2.40. The summed E-state index contributed by atoms with van der Waals surface area (Å²) < 4.78 is 3.19. The van der Waals surface area contributed by atoms with E-state index in [2.05, 4.69) is 46.5 Å². The third-order valence-corrected chi connectivity index (χ3v) is 4.35. The molecule has 0 unspecified atom stereocenters. The zero-order valence-corrected chi connectivity index (χ0v) is 13.6. The molecule has 0 aliphatic heterocycles. The Balaban J connectivity index is 1.79. The van der Waals surface area contributed by atoms with E-state index >= 15 is 0 Å². The van der Waals surface area contributed by atoms with E-state index in [1.54, 1.807) is 16.4 Å².